The molecule has 0 saturated carbocycles. The van der Waals surface area contributed by atoms with Gasteiger partial charge in [-0.3, -0.25) is 4.79 Å². The van der Waals surface area contributed by atoms with E-state index in [2.05, 4.69) is 4.98 Å². The van der Waals surface area contributed by atoms with Crippen LogP contribution in [-0.2, 0) is 22.6 Å². The zero-order valence-corrected chi connectivity index (χ0v) is 13.7. The molecule has 0 unspecified atom stereocenters. The second-order valence-corrected chi connectivity index (χ2v) is 5.57. The van der Waals surface area contributed by atoms with Crippen molar-refractivity contribution in [3.8, 4) is 5.75 Å². The number of carbonyl (C=O) groups excluding carboxylic acids is 1. The lowest BCUT2D eigenvalue weighted by atomic mass is 10.1. The van der Waals surface area contributed by atoms with E-state index in [4.69, 9.17) is 9.47 Å². The van der Waals surface area contributed by atoms with E-state index in [0.717, 1.165) is 27.8 Å². The average Bonchev–Trinajstić information content (AvgIpc) is 3.03. The molecule has 0 amide bonds. The molecule has 4 heteroatoms. The Kier molecular flexibility index (Phi) is 5.16. The van der Waals surface area contributed by atoms with Gasteiger partial charge in [-0.2, -0.15) is 0 Å². The maximum absolute atomic E-state index is 11.6. The molecule has 0 atom stereocenters. The quantitative estimate of drug-likeness (QED) is 0.662. The van der Waals surface area contributed by atoms with Crippen LogP contribution in [0, 0.1) is 0 Å². The Balaban J connectivity index is 1.77. The number of hydrogen-bond acceptors (Lipinski definition) is 3. The van der Waals surface area contributed by atoms with Crippen molar-refractivity contribution in [1.29, 1.82) is 0 Å². The molecule has 0 aliphatic heterocycles. The third-order valence-corrected chi connectivity index (χ3v) is 3.89. The topological polar surface area (TPSA) is 51.3 Å². The van der Waals surface area contributed by atoms with Crippen LogP contribution in [0.4, 0.5) is 0 Å². The molecule has 0 saturated heterocycles. The number of nitrogens with one attached hydrogen (secondary N) is 1. The van der Waals surface area contributed by atoms with E-state index in [1.54, 1.807) is 0 Å². The largest absolute Gasteiger partial charge is 0.488 e. The predicted octanol–water partition coefficient (Wildman–Crippen LogP) is 4.24. The Morgan fingerprint density at radius 3 is 2.71 bits per heavy atom. The molecule has 1 N–H and O–H groups in total. The number of H-pyrrole nitrogens is 1. The number of aromatic nitrogens is 1. The van der Waals surface area contributed by atoms with Gasteiger partial charge in [0.1, 0.15) is 12.4 Å². The first-order valence-electron chi connectivity index (χ1n) is 8.19. The van der Waals surface area contributed by atoms with E-state index >= 15 is 0 Å². The zero-order valence-electron chi connectivity index (χ0n) is 13.7. The summed E-state index contributed by atoms with van der Waals surface area (Å²) >= 11 is 0. The number of fused-ring (bicyclic) bond motifs is 1. The normalized spacial score (nSPS) is 10.7. The summed E-state index contributed by atoms with van der Waals surface area (Å²) in [5.74, 6) is 0.658. The Morgan fingerprint density at radius 2 is 1.92 bits per heavy atom. The molecule has 1 aromatic heterocycles. The molecule has 0 aliphatic carbocycles. The molecule has 0 spiro atoms. The van der Waals surface area contributed by atoms with Crippen LogP contribution >= 0.6 is 0 Å². The number of esters is 1. The summed E-state index contributed by atoms with van der Waals surface area (Å²) in [5.41, 5.74) is 3.21. The van der Waals surface area contributed by atoms with Gasteiger partial charge in [-0.15, -0.1) is 0 Å². The van der Waals surface area contributed by atoms with Gasteiger partial charge in [0.2, 0.25) is 0 Å². The summed E-state index contributed by atoms with van der Waals surface area (Å²) < 4.78 is 11.0. The summed E-state index contributed by atoms with van der Waals surface area (Å²) in [6.45, 7) is 2.75. The molecular weight excluding hydrogens is 302 g/mol. The second-order valence-electron chi connectivity index (χ2n) is 5.57. The van der Waals surface area contributed by atoms with E-state index in [-0.39, 0.29) is 5.97 Å². The van der Waals surface area contributed by atoms with E-state index in [1.807, 2.05) is 61.7 Å². The molecular formula is C20H21NO3. The van der Waals surface area contributed by atoms with E-state index in [9.17, 15) is 4.79 Å². The van der Waals surface area contributed by atoms with Crippen molar-refractivity contribution in [1.82, 2.24) is 4.98 Å². The number of rotatable bonds is 7. The monoisotopic (exact) mass is 323 g/mol. The summed E-state index contributed by atoms with van der Waals surface area (Å²) in [6, 6.07) is 16.0. The van der Waals surface area contributed by atoms with Crippen molar-refractivity contribution < 1.29 is 14.3 Å². The second kappa shape index (κ2) is 7.68. The van der Waals surface area contributed by atoms with E-state index in [1.165, 1.54) is 0 Å². The Bertz CT molecular complexity index is 808. The van der Waals surface area contributed by atoms with Gasteiger partial charge < -0.3 is 14.5 Å². The average molecular weight is 323 g/mol. The van der Waals surface area contributed by atoms with Crippen LogP contribution in [0.5, 0.6) is 5.75 Å². The minimum atomic E-state index is -0.172. The minimum absolute atomic E-state index is 0.172. The molecule has 0 fully saturated rings. The number of benzene rings is 2. The maximum Gasteiger partial charge on any atom is 0.306 e. The van der Waals surface area contributed by atoms with Gasteiger partial charge in [0.25, 0.3) is 0 Å². The highest BCUT2D eigenvalue weighted by atomic mass is 16.5. The molecule has 0 radical (unpaired) electrons. The number of aryl methyl sites for hydroxylation is 1. The first-order valence-corrected chi connectivity index (χ1v) is 8.19. The predicted molar refractivity (Wildman–Crippen MR) is 94.0 cm³/mol. The van der Waals surface area contributed by atoms with Crippen LogP contribution in [0.3, 0.4) is 0 Å². The first-order chi connectivity index (χ1) is 11.8. The van der Waals surface area contributed by atoms with Gasteiger partial charge in [0.15, 0.2) is 0 Å². The molecule has 24 heavy (non-hydrogen) atoms. The van der Waals surface area contributed by atoms with Gasteiger partial charge in [0.05, 0.1) is 6.61 Å². The lowest BCUT2D eigenvalue weighted by molar-refractivity contribution is -0.143. The Morgan fingerprint density at radius 1 is 1.08 bits per heavy atom. The van der Waals surface area contributed by atoms with Crippen LogP contribution < -0.4 is 4.74 Å². The molecule has 3 aromatic rings. The van der Waals surface area contributed by atoms with E-state index < -0.39 is 0 Å². The molecule has 4 nitrogen and oxygen atoms in total. The number of ether oxygens (including phenoxy) is 2. The van der Waals surface area contributed by atoms with Crippen molar-refractivity contribution in [2.45, 2.75) is 26.4 Å². The SMILES string of the molecule is CCOC(=O)CCc1c[nH]c2cccc(OCc3ccccc3)c12. The maximum atomic E-state index is 11.6. The van der Waals surface area contributed by atoms with E-state index in [0.29, 0.717) is 26.1 Å². The fourth-order valence-electron chi connectivity index (χ4n) is 2.74. The van der Waals surface area contributed by atoms with Crippen molar-refractivity contribution in [3.63, 3.8) is 0 Å². The molecule has 2 aromatic carbocycles. The molecule has 1 heterocycles. The molecule has 3 rings (SSSR count). The third kappa shape index (κ3) is 3.77. The fraction of sp³-hybridized carbons (Fsp3) is 0.250. The zero-order chi connectivity index (χ0) is 16.8. The van der Waals surface area contributed by atoms with Crippen LogP contribution in [0.1, 0.15) is 24.5 Å². The van der Waals surface area contributed by atoms with Gasteiger partial charge in [-0.25, -0.2) is 0 Å². The highest BCUT2D eigenvalue weighted by Crippen LogP contribution is 2.30. The van der Waals surface area contributed by atoms with Crippen LogP contribution in [-0.4, -0.2) is 17.6 Å². The van der Waals surface area contributed by atoms with Crippen LogP contribution in [0.15, 0.2) is 54.7 Å². The number of hydrogen-bond donors (Lipinski definition) is 1. The van der Waals surface area contributed by atoms with Crippen molar-refractivity contribution in [2.75, 3.05) is 6.61 Å². The lowest BCUT2D eigenvalue weighted by Crippen LogP contribution is -2.05. The molecule has 0 aliphatic rings. The highest BCUT2D eigenvalue weighted by Gasteiger charge is 2.12. The van der Waals surface area contributed by atoms with Crippen LogP contribution in [0.25, 0.3) is 10.9 Å². The first kappa shape index (κ1) is 16.1. The number of aromatic amines is 1. The van der Waals surface area contributed by atoms with Crippen molar-refractivity contribution in [2.24, 2.45) is 0 Å². The molecule has 124 valence electrons. The summed E-state index contributed by atoms with van der Waals surface area (Å²) in [7, 11) is 0. The standard InChI is InChI=1S/C20H21NO3/c1-2-23-19(22)12-11-16-13-21-17-9-6-10-18(20(16)17)24-14-15-7-4-3-5-8-15/h3-10,13,21H,2,11-12,14H2,1H3. The number of carbonyl (C=O) groups is 1. The highest BCUT2D eigenvalue weighted by molar-refractivity contribution is 5.89. The minimum Gasteiger partial charge on any atom is -0.488 e. The summed E-state index contributed by atoms with van der Waals surface area (Å²) in [5, 5.41) is 1.04. The van der Waals surface area contributed by atoms with Gasteiger partial charge in [-0.1, -0.05) is 36.4 Å². The smallest absolute Gasteiger partial charge is 0.306 e. The lowest BCUT2D eigenvalue weighted by Gasteiger charge is -2.09. The Hall–Kier alpha value is -2.75. The Labute approximate surface area is 141 Å². The summed E-state index contributed by atoms with van der Waals surface area (Å²) in [6.07, 6.45) is 2.94. The van der Waals surface area contributed by atoms with Crippen molar-refractivity contribution >= 4 is 16.9 Å². The molecule has 0 bridgehead atoms. The van der Waals surface area contributed by atoms with Gasteiger partial charge in [-0.05, 0) is 36.6 Å². The van der Waals surface area contributed by atoms with Crippen molar-refractivity contribution in [3.05, 3.63) is 65.9 Å². The van der Waals surface area contributed by atoms with Gasteiger partial charge >= 0.3 is 5.97 Å². The van der Waals surface area contributed by atoms with Gasteiger partial charge in [0, 0.05) is 23.5 Å². The summed E-state index contributed by atoms with van der Waals surface area (Å²) in [4.78, 5) is 14.9. The fourth-order valence-corrected chi connectivity index (χ4v) is 2.74. The van der Waals surface area contributed by atoms with Crippen LogP contribution in [0.2, 0.25) is 0 Å². The third-order valence-electron chi connectivity index (χ3n) is 3.89.